The molecule has 1 amide bonds. The maximum absolute atomic E-state index is 12.6. The molecule has 1 saturated heterocycles. The van der Waals surface area contributed by atoms with Gasteiger partial charge in [-0.1, -0.05) is 24.3 Å². The molecule has 1 aromatic carbocycles. The Morgan fingerprint density at radius 3 is 2.52 bits per heavy atom. The number of amides is 1. The van der Waals surface area contributed by atoms with E-state index in [1.54, 1.807) is 22.4 Å². The van der Waals surface area contributed by atoms with E-state index in [-0.39, 0.29) is 12.6 Å². The van der Waals surface area contributed by atoms with Crippen LogP contribution in [0.25, 0.3) is 21.7 Å². The predicted molar refractivity (Wildman–Crippen MR) is 121 cm³/mol. The number of hydrogen-bond acceptors (Lipinski definition) is 6. The van der Waals surface area contributed by atoms with Crippen molar-refractivity contribution in [3.05, 3.63) is 47.0 Å². The summed E-state index contributed by atoms with van der Waals surface area (Å²) in [7, 11) is 0. The molecule has 31 heavy (non-hydrogen) atoms. The molecule has 2 atom stereocenters. The molecule has 164 valence electrons. The van der Waals surface area contributed by atoms with Gasteiger partial charge in [-0.2, -0.15) is 0 Å². The quantitative estimate of drug-likeness (QED) is 0.607. The SMILES string of the molecule is Cc1nc(C)c(-c2ccc(-c3cnc([C@@H]4C[C@@H](O)CN4C(=O)OC(C)(C)C)[nH]3)cc2)s1. The van der Waals surface area contributed by atoms with Crippen LogP contribution in [0.5, 0.6) is 0 Å². The van der Waals surface area contributed by atoms with Crippen LogP contribution in [-0.4, -0.2) is 49.3 Å². The number of nitrogens with one attached hydrogen (secondary N) is 1. The lowest BCUT2D eigenvalue weighted by molar-refractivity contribution is 0.0201. The van der Waals surface area contributed by atoms with E-state index in [1.807, 2.05) is 34.6 Å². The number of benzene rings is 1. The van der Waals surface area contributed by atoms with Crippen molar-refractivity contribution >= 4 is 17.4 Å². The maximum atomic E-state index is 12.6. The van der Waals surface area contributed by atoms with Gasteiger partial charge in [0.25, 0.3) is 0 Å². The maximum Gasteiger partial charge on any atom is 0.411 e. The largest absolute Gasteiger partial charge is 0.444 e. The molecule has 0 spiro atoms. The topological polar surface area (TPSA) is 91.3 Å². The van der Waals surface area contributed by atoms with Gasteiger partial charge in [-0.15, -0.1) is 11.3 Å². The number of ether oxygens (including phenoxy) is 1. The van der Waals surface area contributed by atoms with Gasteiger partial charge in [-0.25, -0.2) is 14.8 Å². The Labute approximate surface area is 186 Å². The summed E-state index contributed by atoms with van der Waals surface area (Å²) in [4.78, 5) is 27.7. The van der Waals surface area contributed by atoms with Crippen LogP contribution in [0, 0.1) is 13.8 Å². The number of hydrogen-bond donors (Lipinski definition) is 2. The molecule has 2 aromatic heterocycles. The molecule has 4 rings (SSSR count). The molecule has 3 heterocycles. The summed E-state index contributed by atoms with van der Waals surface area (Å²) in [5.41, 5.74) is 3.45. The second-order valence-corrected chi connectivity index (χ2v) is 10.1. The number of aliphatic hydroxyl groups is 1. The van der Waals surface area contributed by atoms with Crippen LogP contribution in [0.4, 0.5) is 4.79 Å². The van der Waals surface area contributed by atoms with Crippen molar-refractivity contribution in [1.29, 1.82) is 0 Å². The van der Waals surface area contributed by atoms with Crippen molar-refractivity contribution in [3.63, 3.8) is 0 Å². The van der Waals surface area contributed by atoms with E-state index in [2.05, 4.69) is 39.2 Å². The molecule has 2 N–H and O–H groups in total. The molecular weight excluding hydrogens is 412 g/mol. The molecule has 0 radical (unpaired) electrons. The van der Waals surface area contributed by atoms with Crippen LogP contribution >= 0.6 is 11.3 Å². The fourth-order valence-electron chi connectivity index (χ4n) is 3.85. The van der Waals surface area contributed by atoms with Crippen LogP contribution in [0.1, 0.15) is 49.8 Å². The zero-order valence-corrected chi connectivity index (χ0v) is 19.3. The molecule has 7 nitrogen and oxygen atoms in total. The predicted octanol–water partition coefficient (Wildman–Crippen LogP) is 4.86. The molecule has 0 bridgehead atoms. The molecule has 0 saturated carbocycles. The molecule has 0 aliphatic carbocycles. The third-order valence-electron chi connectivity index (χ3n) is 5.18. The Kier molecular flexibility index (Phi) is 5.61. The number of aromatic amines is 1. The van der Waals surface area contributed by atoms with Gasteiger partial charge in [0.15, 0.2) is 0 Å². The highest BCUT2D eigenvalue weighted by Gasteiger charge is 2.39. The lowest BCUT2D eigenvalue weighted by Crippen LogP contribution is -2.37. The molecule has 1 fully saturated rings. The molecule has 3 aromatic rings. The van der Waals surface area contributed by atoms with Gasteiger partial charge in [0.1, 0.15) is 11.4 Å². The number of β-amino-alcohol motifs (C(OH)–C–C–N with tert-alkyl or cyclic N) is 1. The molecule has 8 heteroatoms. The first-order valence-electron chi connectivity index (χ1n) is 10.4. The van der Waals surface area contributed by atoms with E-state index in [0.717, 1.165) is 27.5 Å². The van der Waals surface area contributed by atoms with Crippen molar-refractivity contribution in [2.45, 2.75) is 58.8 Å². The van der Waals surface area contributed by atoms with Crippen LogP contribution in [0.3, 0.4) is 0 Å². The van der Waals surface area contributed by atoms with E-state index in [4.69, 9.17) is 4.74 Å². The first-order chi connectivity index (χ1) is 14.6. The van der Waals surface area contributed by atoms with Crippen LogP contribution in [-0.2, 0) is 4.74 Å². The van der Waals surface area contributed by atoms with Crippen LogP contribution in [0.15, 0.2) is 30.5 Å². The van der Waals surface area contributed by atoms with Crippen molar-refractivity contribution < 1.29 is 14.6 Å². The summed E-state index contributed by atoms with van der Waals surface area (Å²) >= 11 is 1.69. The Morgan fingerprint density at radius 1 is 1.23 bits per heavy atom. The van der Waals surface area contributed by atoms with Gasteiger partial charge in [0, 0.05) is 6.42 Å². The third-order valence-corrected chi connectivity index (χ3v) is 6.30. The van der Waals surface area contributed by atoms with Crippen molar-refractivity contribution in [2.75, 3.05) is 6.54 Å². The number of H-pyrrole nitrogens is 1. The summed E-state index contributed by atoms with van der Waals surface area (Å²) in [6.07, 6.45) is 1.16. The number of thiazole rings is 1. The highest BCUT2D eigenvalue weighted by Crippen LogP contribution is 2.34. The number of nitrogens with zero attached hydrogens (tertiary/aromatic N) is 3. The second-order valence-electron chi connectivity index (χ2n) is 8.94. The molecule has 1 aliphatic heterocycles. The van der Waals surface area contributed by atoms with Gasteiger partial charge < -0.3 is 14.8 Å². The Hall–Kier alpha value is -2.71. The van der Waals surface area contributed by atoms with Crippen molar-refractivity contribution in [1.82, 2.24) is 19.9 Å². The zero-order valence-electron chi connectivity index (χ0n) is 18.5. The molecule has 0 unspecified atom stereocenters. The highest BCUT2D eigenvalue weighted by atomic mass is 32.1. The number of aliphatic hydroxyl groups excluding tert-OH is 1. The van der Waals surface area contributed by atoms with E-state index < -0.39 is 17.8 Å². The summed E-state index contributed by atoms with van der Waals surface area (Å²) in [5, 5.41) is 11.2. The zero-order chi connectivity index (χ0) is 22.3. The summed E-state index contributed by atoms with van der Waals surface area (Å²) in [6, 6.07) is 7.93. The summed E-state index contributed by atoms with van der Waals surface area (Å²) in [5.74, 6) is 0.649. The standard InChI is InChI=1S/C23H28N4O3S/c1-13-20(31-14(2)25-13)16-8-6-15(7-9-16)18-11-24-21(26-18)19-10-17(28)12-27(19)22(29)30-23(3,4)5/h6-9,11,17,19,28H,10,12H2,1-5H3,(H,24,26)/t17-,19+/m1/s1. The van der Waals surface area contributed by atoms with Gasteiger partial charge in [0.2, 0.25) is 0 Å². The van der Waals surface area contributed by atoms with Gasteiger partial charge in [-0.3, -0.25) is 4.90 Å². The summed E-state index contributed by atoms with van der Waals surface area (Å²) < 4.78 is 5.51. The average Bonchev–Trinajstić information content (AvgIpc) is 3.39. The third kappa shape index (κ3) is 4.65. The minimum absolute atomic E-state index is 0.234. The minimum Gasteiger partial charge on any atom is -0.444 e. The summed E-state index contributed by atoms with van der Waals surface area (Å²) in [6.45, 7) is 9.77. The first kappa shape index (κ1) is 21.5. The monoisotopic (exact) mass is 440 g/mol. The number of carbonyl (C=O) groups is 1. The van der Waals surface area contributed by atoms with E-state index in [0.29, 0.717) is 12.2 Å². The smallest absolute Gasteiger partial charge is 0.411 e. The molecular formula is C23H28N4O3S. The van der Waals surface area contributed by atoms with E-state index >= 15 is 0 Å². The van der Waals surface area contributed by atoms with E-state index in [1.165, 1.54) is 4.88 Å². The van der Waals surface area contributed by atoms with Gasteiger partial charge >= 0.3 is 6.09 Å². The Morgan fingerprint density at radius 2 is 1.90 bits per heavy atom. The number of carbonyl (C=O) groups excluding carboxylic acids is 1. The van der Waals surface area contributed by atoms with E-state index in [9.17, 15) is 9.90 Å². The number of aromatic nitrogens is 3. The number of likely N-dealkylation sites (tertiary alicyclic amines) is 1. The lowest BCUT2D eigenvalue weighted by atomic mass is 10.1. The van der Waals surface area contributed by atoms with Crippen LogP contribution < -0.4 is 0 Å². The lowest BCUT2D eigenvalue weighted by Gasteiger charge is -2.27. The van der Waals surface area contributed by atoms with Crippen LogP contribution in [0.2, 0.25) is 0 Å². The number of rotatable bonds is 3. The minimum atomic E-state index is -0.601. The molecule has 1 aliphatic rings. The second kappa shape index (κ2) is 8.09. The Balaban J connectivity index is 1.54. The highest BCUT2D eigenvalue weighted by molar-refractivity contribution is 7.15. The fourth-order valence-corrected chi connectivity index (χ4v) is 4.77. The fraction of sp³-hybridized carbons (Fsp3) is 0.435. The van der Waals surface area contributed by atoms with Gasteiger partial charge in [0.05, 0.1) is 46.2 Å². The first-order valence-corrected chi connectivity index (χ1v) is 11.2. The van der Waals surface area contributed by atoms with Gasteiger partial charge in [-0.05, 0) is 45.7 Å². The van der Waals surface area contributed by atoms with Crippen molar-refractivity contribution in [2.24, 2.45) is 0 Å². The normalized spacial score (nSPS) is 19.1. The average molecular weight is 441 g/mol. The number of aryl methyl sites for hydroxylation is 2. The van der Waals surface area contributed by atoms with Crippen molar-refractivity contribution in [3.8, 4) is 21.7 Å². The number of imidazole rings is 1. The Bertz CT molecular complexity index is 1080.